The Balaban J connectivity index is 1.97. The molecule has 7 nitrogen and oxygen atoms in total. The van der Waals surface area contributed by atoms with Gasteiger partial charge in [-0.15, -0.1) is 10.2 Å². The summed E-state index contributed by atoms with van der Waals surface area (Å²) in [5, 5.41) is 34.3. The van der Waals surface area contributed by atoms with E-state index in [9.17, 15) is 0 Å². The molecule has 0 spiro atoms. The molecule has 2 aromatic carbocycles. The van der Waals surface area contributed by atoms with Crippen molar-refractivity contribution >= 4 is 11.4 Å². The minimum atomic E-state index is 0.563. The van der Waals surface area contributed by atoms with Crippen LogP contribution in [0.1, 0.15) is 11.1 Å². The Morgan fingerprint density at radius 3 is 1.41 bits per heavy atom. The van der Waals surface area contributed by atoms with Crippen molar-refractivity contribution in [2.75, 3.05) is 7.05 Å². The van der Waals surface area contributed by atoms with Crippen molar-refractivity contribution < 1.29 is 0 Å². The van der Waals surface area contributed by atoms with Gasteiger partial charge in [-0.2, -0.15) is 15.6 Å². The van der Waals surface area contributed by atoms with Crippen LogP contribution in [0.4, 0.5) is 11.4 Å². The highest BCUT2D eigenvalue weighted by atomic mass is 15.7. The fraction of sp³-hybridized carbons (Fsp3) is 0.0667. The number of nitrogens with zero attached hydrogens (tertiary/aromatic N) is 7. The molecule has 0 saturated carbocycles. The van der Waals surface area contributed by atoms with E-state index in [0.717, 1.165) is 0 Å². The van der Waals surface area contributed by atoms with E-state index in [4.69, 9.17) is 10.5 Å². The van der Waals surface area contributed by atoms with E-state index in [0.29, 0.717) is 22.5 Å². The number of hydrogen-bond acceptors (Lipinski definition) is 6. The van der Waals surface area contributed by atoms with Gasteiger partial charge in [0.05, 0.1) is 41.7 Å². The molecule has 0 bridgehead atoms. The maximum Gasteiger partial charge on any atom is 0.0991 e. The highest BCUT2D eigenvalue weighted by molar-refractivity contribution is 5.42. The molecule has 0 N–H and O–H groups in total. The van der Waals surface area contributed by atoms with Gasteiger partial charge in [-0.05, 0) is 59.0 Å². The molecule has 0 amide bonds. The first-order chi connectivity index (χ1) is 10.7. The molecule has 0 aliphatic rings. The van der Waals surface area contributed by atoms with Crippen LogP contribution in [0.3, 0.4) is 0 Å². The molecule has 2 aromatic rings. The number of rotatable bonds is 4. The predicted octanol–water partition coefficient (Wildman–Crippen LogP) is 4.06. The molecule has 7 heteroatoms. The molecule has 22 heavy (non-hydrogen) atoms. The van der Waals surface area contributed by atoms with E-state index in [1.807, 2.05) is 12.1 Å². The summed E-state index contributed by atoms with van der Waals surface area (Å²) in [6.45, 7) is 0. The van der Waals surface area contributed by atoms with E-state index in [2.05, 4.69) is 20.7 Å². The topological polar surface area (TPSA) is 100 Å². The predicted molar refractivity (Wildman–Crippen MR) is 79.1 cm³/mol. The van der Waals surface area contributed by atoms with Gasteiger partial charge in [-0.3, -0.25) is 0 Å². The SMILES string of the molecule is CN(N=Nc1ccc(C#N)cc1)N=Nc1ccc(C#N)cc1. The summed E-state index contributed by atoms with van der Waals surface area (Å²) >= 11 is 0. The molecular formula is C15H11N7. The first-order valence-electron chi connectivity index (χ1n) is 6.28. The Morgan fingerprint density at radius 1 is 0.727 bits per heavy atom. The average Bonchev–Trinajstić information content (AvgIpc) is 2.59. The Bertz CT molecular complexity index is 694. The lowest BCUT2D eigenvalue weighted by Crippen LogP contribution is -1.97. The van der Waals surface area contributed by atoms with Gasteiger partial charge in [0, 0.05) is 0 Å². The first kappa shape index (κ1) is 14.8. The van der Waals surface area contributed by atoms with Gasteiger partial charge < -0.3 is 0 Å². The molecule has 106 valence electrons. The average molecular weight is 289 g/mol. The van der Waals surface area contributed by atoms with Crippen LogP contribution in [0.25, 0.3) is 0 Å². The largest absolute Gasteiger partial charge is 0.192 e. The van der Waals surface area contributed by atoms with Crippen LogP contribution in [-0.4, -0.2) is 12.2 Å². The maximum absolute atomic E-state index is 8.70. The molecule has 0 saturated heterocycles. The van der Waals surface area contributed by atoms with Crippen molar-refractivity contribution in [3.05, 3.63) is 59.7 Å². The third kappa shape index (κ3) is 4.22. The monoisotopic (exact) mass is 289 g/mol. The third-order valence-corrected chi connectivity index (χ3v) is 2.57. The van der Waals surface area contributed by atoms with E-state index >= 15 is 0 Å². The molecule has 0 fully saturated rings. The minimum absolute atomic E-state index is 0.563. The van der Waals surface area contributed by atoms with Crippen molar-refractivity contribution in [1.82, 2.24) is 5.12 Å². The fourth-order valence-corrected chi connectivity index (χ4v) is 1.46. The van der Waals surface area contributed by atoms with Crippen molar-refractivity contribution in [2.45, 2.75) is 0 Å². The van der Waals surface area contributed by atoms with Crippen molar-refractivity contribution in [3.63, 3.8) is 0 Å². The summed E-state index contributed by atoms with van der Waals surface area (Å²) in [5.74, 6) is 0. The van der Waals surface area contributed by atoms with Crippen molar-refractivity contribution in [2.24, 2.45) is 20.7 Å². The zero-order valence-electron chi connectivity index (χ0n) is 11.7. The Hall–Kier alpha value is -3.58. The quantitative estimate of drug-likeness (QED) is 0.626. The van der Waals surface area contributed by atoms with E-state index < -0.39 is 0 Å². The van der Waals surface area contributed by atoms with Crippen LogP contribution >= 0.6 is 0 Å². The summed E-state index contributed by atoms with van der Waals surface area (Å²) in [7, 11) is 1.60. The summed E-state index contributed by atoms with van der Waals surface area (Å²) in [5.41, 5.74) is 2.35. The summed E-state index contributed by atoms with van der Waals surface area (Å²) in [4.78, 5) is 0. The van der Waals surface area contributed by atoms with Crippen LogP contribution in [0.2, 0.25) is 0 Å². The number of hydrogen-bond donors (Lipinski definition) is 0. The van der Waals surface area contributed by atoms with E-state index in [-0.39, 0.29) is 0 Å². The standard InChI is InChI=1S/C15H11N7/c1-22(20-18-14-6-2-12(10-16)3-7-14)21-19-15-8-4-13(11-17)5-9-15/h2-9H,1H3. The second-order valence-corrected chi connectivity index (χ2v) is 4.19. The third-order valence-electron chi connectivity index (χ3n) is 2.57. The van der Waals surface area contributed by atoms with Gasteiger partial charge in [0.2, 0.25) is 0 Å². The molecule has 0 heterocycles. The van der Waals surface area contributed by atoms with Gasteiger partial charge >= 0.3 is 0 Å². The lowest BCUT2D eigenvalue weighted by atomic mass is 10.2. The first-order valence-corrected chi connectivity index (χ1v) is 6.28. The smallest absolute Gasteiger partial charge is 0.0991 e. The van der Waals surface area contributed by atoms with Crippen LogP contribution in [0.5, 0.6) is 0 Å². The van der Waals surface area contributed by atoms with Gasteiger partial charge in [-0.25, -0.2) is 0 Å². The van der Waals surface area contributed by atoms with Crippen molar-refractivity contribution in [3.8, 4) is 12.1 Å². The second-order valence-electron chi connectivity index (χ2n) is 4.19. The normalized spacial score (nSPS) is 10.5. The maximum atomic E-state index is 8.70. The lowest BCUT2D eigenvalue weighted by molar-refractivity contribution is 0.329. The highest BCUT2D eigenvalue weighted by Crippen LogP contribution is 2.15. The van der Waals surface area contributed by atoms with Crippen LogP contribution in [0, 0.1) is 22.7 Å². The molecule has 0 aliphatic carbocycles. The van der Waals surface area contributed by atoms with Crippen LogP contribution in [0.15, 0.2) is 69.2 Å². The Kier molecular flexibility index (Phi) is 4.90. The number of benzene rings is 2. The molecule has 0 unspecified atom stereocenters. The molecular weight excluding hydrogens is 278 g/mol. The molecule has 0 aliphatic heterocycles. The summed E-state index contributed by atoms with van der Waals surface area (Å²) < 4.78 is 0. The minimum Gasteiger partial charge on any atom is -0.192 e. The van der Waals surface area contributed by atoms with E-state index in [1.54, 1.807) is 55.6 Å². The lowest BCUT2D eigenvalue weighted by Gasteiger charge is -2.01. The molecule has 0 aromatic heterocycles. The molecule has 0 radical (unpaired) electrons. The summed E-state index contributed by atoms with van der Waals surface area (Å²) in [6.07, 6.45) is 0. The zero-order valence-corrected chi connectivity index (χ0v) is 11.7. The van der Waals surface area contributed by atoms with Gasteiger partial charge in [0.15, 0.2) is 0 Å². The van der Waals surface area contributed by atoms with Crippen molar-refractivity contribution in [1.29, 1.82) is 10.5 Å². The van der Waals surface area contributed by atoms with Gasteiger partial charge in [0.25, 0.3) is 0 Å². The highest BCUT2D eigenvalue weighted by Gasteiger charge is 1.94. The van der Waals surface area contributed by atoms with Gasteiger partial charge in [-0.1, -0.05) is 0 Å². The zero-order chi connectivity index (χ0) is 15.8. The van der Waals surface area contributed by atoms with Crippen LogP contribution < -0.4 is 0 Å². The van der Waals surface area contributed by atoms with E-state index in [1.165, 1.54) is 5.12 Å². The molecule has 2 rings (SSSR count). The van der Waals surface area contributed by atoms with Gasteiger partial charge in [0.1, 0.15) is 0 Å². The Morgan fingerprint density at radius 2 is 1.09 bits per heavy atom. The molecule has 0 atom stereocenters. The second kappa shape index (κ2) is 7.27. The Labute approximate surface area is 127 Å². The number of nitriles is 2. The van der Waals surface area contributed by atoms with Crippen LogP contribution in [-0.2, 0) is 0 Å². The summed E-state index contributed by atoms with van der Waals surface area (Å²) in [6, 6.07) is 17.4. The fourth-order valence-electron chi connectivity index (χ4n) is 1.46.